The van der Waals surface area contributed by atoms with Crippen LogP contribution in [0.25, 0.3) is 0 Å². The van der Waals surface area contributed by atoms with Crippen molar-refractivity contribution in [1.29, 1.82) is 0 Å². The number of carbonyl (C=O) groups excluding carboxylic acids is 1. The van der Waals surface area contributed by atoms with Gasteiger partial charge in [0.25, 0.3) is 0 Å². The molecule has 0 aromatic heterocycles. The second-order valence-corrected chi connectivity index (χ2v) is 7.04. The van der Waals surface area contributed by atoms with Crippen LogP contribution >= 0.6 is 15.9 Å². The SMILES string of the molecule is COC(=O)CCCN(C)S(=O)(=O)c1c(F)cc(F)cc1Br. The van der Waals surface area contributed by atoms with Crippen LogP contribution in [0.15, 0.2) is 21.5 Å². The molecule has 1 aromatic rings. The average Bonchev–Trinajstić information content (AvgIpc) is 2.36. The van der Waals surface area contributed by atoms with Gasteiger partial charge in [0.1, 0.15) is 16.5 Å². The number of esters is 1. The Labute approximate surface area is 130 Å². The molecule has 0 aliphatic heterocycles. The lowest BCUT2D eigenvalue weighted by atomic mass is 10.3. The molecule has 0 heterocycles. The van der Waals surface area contributed by atoms with Gasteiger partial charge in [-0.25, -0.2) is 21.5 Å². The molecule has 0 amide bonds. The number of halogens is 3. The zero-order valence-corrected chi connectivity index (χ0v) is 13.8. The molecule has 9 heteroatoms. The molecule has 5 nitrogen and oxygen atoms in total. The molecule has 0 radical (unpaired) electrons. The highest BCUT2D eigenvalue weighted by atomic mass is 79.9. The minimum atomic E-state index is -4.13. The van der Waals surface area contributed by atoms with Crippen LogP contribution in [0.5, 0.6) is 0 Å². The smallest absolute Gasteiger partial charge is 0.305 e. The van der Waals surface area contributed by atoms with Gasteiger partial charge >= 0.3 is 5.97 Å². The Hall–Kier alpha value is -1.06. The molecule has 0 bridgehead atoms. The Morgan fingerprint density at radius 2 is 2.00 bits per heavy atom. The molecule has 0 atom stereocenters. The van der Waals surface area contributed by atoms with E-state index in [4.69, 9.17) is 0 Å². The first-order valence-electron chi connectivity index (χ1n) is 5.88. The van der Waals surface area contributed by atoms with Crippen molar-refractivity contribution in [2.75, 3.05) is 20.7 Å². The maximum atomic E-state index is 13.7. The summed E-state index contributed by atoms with van der Waals surface area (Å²) in [4.78, 5) is 10.3. The van der Waals surface area contributed by atoms with Crippen LogP contribution in [0.2, 0.25) is 0 Å². The molecule has 0 saturated carbocycles. The summed E-state index contributed by atoms with van der Waals surface area (Å²) in [5, 5.41) is 0. The minimum absolute atomic E-state index is 0.000684. The lowest BCUT2D eigenvalue weighted by Gasteiger charge is -2.18. The van der Waals surface area contributed by atoms with Crippen molar-refractivity contribution in [2.24, 2.45) is 0 Å². The molecular formula is C12H14BrF2NO4S. The van der Waals surface area contributed by atoms with Gasteiger partial charge in [-0.15, -0.1) is 0 Å². The number of hydrogen-bond donors (Lipinski definition) is 0. The Kier molecular flexibility index (Phi) is 6.24. The van der Waals surface area contributed by atoms with Gasteiger partial charge in [-0.2, -0.15) is 0 Å². The van der Waals surface area contributed by atoms with Crippen molar-refractivity contribution >= 4 is 31.9 Å². The number of methoxy groups -OCH3 is 1. The molecule has 0 spiro atoms. The fourth-order valence-corrected chi connectivity index (χ4v) is 3.91. The Morgan fingerprint density at radius 1 is 1.38 bits per heavy atom. The zero-order valence-electron chi connectivity index (χ0n) is 11.4. The summed E-state index contributed by atoms with van der Waals surface area (Å²) >= 11 is 2.84. The third-order valence-corrected chi connectivity index (χ3v) is 5.53. The van der Waals surface area contributed by atoms with E-state index in [1.54, 1.807) is 0 Å². The van der Waals surface area contributed by atoms with E-state index in [0.717, 1.165) is 10.4 Å². The number of hydrogen-bond acceptors (Lipinski definition) is 4. The second-order valence-electron chi connectivity index (χ2n) is 4.20. The monoisotopic (exact) mass is 385 g/mol. The van der Waals surface area contributed by atoms with Crippen molar-refractivity contribution in [2.45, 2.75) is 17.7 Å². The summed E-state index contributed by atoms with van der Waals surface area (Å²) in [7, 11) is -1.65. The van der Waals surface area contributed by atoms with Gasteiger partial charge in [0, 0.05) is 30.6 Å². The van der Waals surface area contributed by atoms with Crippen molar-refractivity contribution in [1.82, 2.24) is 4.31 Å². The van der Waals surface area contributed by atoms with Crippen LogP contribution in [-0.4, -0.2) is 39.4 Å². The van der Waals surface area contributed by atoms with Gasteiger partial charge in [-0.3, -0.25) is 4.79 Å². The van der Waals surface area contributed by atoms with Crippen molar-refractivity contribution < 1.29 is 26.7 Å². The lowest BCUT2D eigenvalue weighted by molar-refractivity contribution is -0.140. The van der Waals surface area contributed by atoms with E-state index in [-0.39, 0.29) is 23.9 Å². The van der Waals surface area contributed by atoms with Gasteiger partial charge < -0.3 is 4.74 Å². The highest BCUT2D eigenvalue weighted by Crippen LogP contribution is 2.28. The first-order chi connectivity index (χ1) is 9.70. The molecule has 0 aliphatic carbocycles. The molecule has 0 fully saturated rings. The molecule has 21 heavy (non-hydrogen) atoms. The van der Waals surface area contributed by atoms with Crippen LogP contribution in [0.1, 0.15) is 12.8 Å². The summed E-state index contributed by atoms with van der Waals surface area (Å²) in [6, 6.07) is 1.37. The lowest BCUT2D eigenvalue weighted by Crippen LogP contribution is -2.29. The first-order valence-corrected chi connectivity index (χ1v) is 8.11. The number of ether oxygens (including phenoxy) is 1. The van der Waals surface area contributed by atoms with E-state index in [1.807, 2.05) is 0 Å². The standard InChI is InChI=1S/C12H14BrF2NO4S/c1-16(5-3-4-11(17)20-2)21(18,19)12-9(13)6-8(14)7-10(12)15/h6-7H,3-5H2,1-2H3. The summed E-state index contributed by atoms with van der Waals surface area (Å²) in [6.45, 7) is 0.000684. The second kappa shape index (κ2) is 7.28. The highest BCUT2D eigenvalue weighted by Gasteiger charge is 2.27. The zero-order chi connectivity index (χ0) is 16.2. The number of carbonyl (C=O) groups is 1. The Morgan fingerprint density at radius 3 is 2.52 bits per heavy atom. The third-order valence-electron chi connectivity index (χ3n) is 2.71. The summed E-state index contributed by atoms with van der Waals surface area (Å²) in [5.74, 6) is -2.52. The topological polar surface area (TPSA) is 63.7 Å². The molecule has 1 rings (SSSR count). The first kappa shape index (κ1) is 18.0. The average molecular weight is 386 g/mol. The normalized spacial score (nSPS) is 11.7. The van der Waals surface area contributed by atoms with Gasteiger partial charge in [0.15, 0.2) is 0 Å². The largest absolute Gasteiger partial charge is 0.469 e. The third kappa shape index (κ3) is 4.45. The fourth-order valence-electron chi connectivity index (χ4n) is 1.60. The number of sulfonamides is 1. The van der Waals surface area contributed by atoms with Crippen LogP contribution in [-0.2, 0) is 19.6 Å². The molecule has 0 unspecified atom stereocenters. The number of rotatable bonds is 6. The fraction of sp³-hybridized carbons (Fsp3) is 0.417. The molecule has 1 aromatic carbocycles. The van der Waals surface area contributed by atoms with Crippen LogP contribution in [0, 0.1) is 11.6 Å². The molecular weight excluding hydrogens is 372 g/mol. The van der Waals surface area contributed by atoms with Crippen molar-refractivity contribution in [3.63, 3.8) is 0 Å². The van der Waals surface area contributed by atoms with Crippen molar-refractivity contribution in [3.8, 4) is 0 Å². The molecule has 0 N–H and O–H groups in total. The van der Waals surface area contributed by atoms with E-state index >= 15 is 0 Å². The quantitative estimate of drug-likeness (QED) is 0.704. The highest BCUT2D eigenvalue weighted by molar-refractivity contribution is 9.10. The van der Waals surface area contributed by atoms with E-state index in [0.29, 0.717) is 6.07 Å². The van der Waals surface area contributed by atoms with Gasteiger partial charge in [0.2, 0.25) is 10.0 Å². The predicted molar refractivity (Wildman–Crippen MR) is 75.1 cm³/mol. The van der Waals surface area contributed by atoms with E-state index < -0.39 is 32.5 Å². The van der Waals surface area contributed by atoms with Gasteiger partial charge in [0.05, 0.1) is 7.11 Å². The summed E-state index contributed by atoms with van der Waals surface area (Å²) < 4.78 is 56.4. The molecule has 0 saturated heterocycles. The Balaban J connectivity index is 2.93. The maximum absolute atomic E-state index is 13.7. The number of benzene rings is 1. The van der Waals surface area contributed by atoms with Crippen LogP contribution in [0.3, 0.4) is 0 Å². The van der Waals surface area contributed by atoms with E-state index in [9.17, 15) is 22.0 Å². The van der Waals surface area contributed by atoms with Crippen molar-refractivity contribution in [3.05, 3.63) is 28.2 Å². The van der Waals surface area contributed by atoms with Crippen LogP contribution < -0.4 is 0 Å². The van der Waals surface area contributed by atoms with E-state index in [2.05, 4.69) is 20.7 Å². The Bertz CT molecular complexity index is 613. The van der Waals surface area contributed by atoms with Gasteiger partial charge in [-0.05, 0) is 28.4 Å². The van der Waals surface area contributed by atoms with E-state index in [1.165, 1.54) is 14.2 Å². The maximum Gasteiger partial charge on any atom is 0.305 e. The molecule has 118 valence electrons. The predicted octanol–water partition coefficient (Wildman–Crippen LogP) is 2.30. The molecule has 0 aliphatic rings. The van der Waals surface area contributed by atoms with Crippen LogP contribution in [0.4, 0.5) is 8.78 Å². The summed E-state index contributed by atoms with van der Waals surface area (Å²) in [6.07, 6.45) is 0.270. The van der Waals surface area contributed by atoms with Gasteiger partial charge in [-0.1, -0.05) is 0 Å². The number of nitrogens with zero attached hydrogens (tertiary/aromatic N) is 1. The minimum Gasteiger partial charge on any atom is -0.469 e. The summed E-state index contributed by atoms with van der Waals surface area (Å²) in [5.41, 5.74) is 0.